The van der Waals surface area contributed by atoms with E-state index in [4.69, 9.17) is 9.47 Å². The van der Waals surface area contributed by atoms with Gasteiger partial charge in [0.05, 0.1) is 25.5 Å². The number of amidine groups is 1. The van der Waals surface area contributed by atoms with E-state index in [9.17, 15) is 13.2 Å². The van der Waals surface area contributed by atoms with Gasteiger partial charge < -0.3 is 14.8 Å². The molecule has 0 spiro atoms. The van der Waals surface area contributed by atoms with Gasteiger partial charge in [-0.05, 0) is 42.8 Å². The topological polar surface area (TPSA) is 94.1 Å². The lowest BCUT2D eigenvalue weighted by Gasteiger charge is -2.18. The van der Waals surface area contributed by atoms with Crippen LogP contribution in [0, 0.1) is 6.92 Å². The molecule has 0 amide bonds. The number of nitrogens with zero attached hydrogens (tertiary/aromatic N) is 1. The Morgan fingerprint density at radius 3 is 2.67 bits per heavy atom. The van der Waals surface area contributed by atoms with E-state index in [2.05, 4.69) is 9.71 Å². The molecule has 0 unspecified atom stereocenters. The van der Waals surface area contributed by atoms with Gasteiger partial charge >= 0.3 is 5.97 Å². The van der Waals surface area contributed by atoms with Crippen LogP contribution in [0.2, 0.25) is 0 Å². The summed E-state index contributed by atoms with van der Waals surface area (Å²) in [4.78, 5) is 11.9. The van der Waals surface area contributed by atoms with E-state index in [1.807, 2.05) is 6.92 Å². The van der Waals surface area contributed by atoms with E-state index in [-0.39, 0.29) is 10.1 Å². The van der Waals surface area contributed by atoms with Gasteiger partial charge in [0.2, 0.25) is 0 Å². The predicted molar refractivity (Wildman–Crippen MR) is 105 cm³/mol. The number of sulfonamides is 1. The quantitative estimate of drug-likeness (QED) is 0.779. The van der Waals surface area contributed by atoms with Gasteiger partial charge in [0, 0.05) is 11.3 Å². The minimum absolute atomic E-state index is 0.155. The zero-order valence-corrected chi connectivity index (χ0v) is 16.6. The monoisotopic (exact) mass is 406 g/mol. The van der Waals surface area contributed by atoms with E-state index >= 15 is 0 Å². The Balaban J connectivity index is 1.85. The SMILES string of the molecule is COC(=O)c1ccc(OC)c(CSC2=NS(=O)(=O)c3ccc(C)cc3N2)c1. The van der Waals surface area contributed by atoms with Gasteiger partial charge in [0.1, 0.15) is 10.6 Å². The maximum Gasteiger partial charge on any atom is 0.337 e. The summed E-state index contributed by atoms with van der Waals surface area (Å²) in [5, 5.41) is 3.31. The first-order chi connectivity index (χ1) is 12.8. The van der Waals surface area contributed by atoms with Crippen molar-refractivity contribution in [2.45, 2.75) is 17.6 Å². The average Bonchev–Trinajstić information content (AvgIpc) is 2.64. The number of hydrogen-bond donors (Lipinski definition) is 1. The molecule has 1 aliphatic heterocycles. The standard InChI is InChI=1S/C18H18N2O5S2/c1-11-4-7-16-14(8-11)19-18(20-27(16,22)23)26-10-13-9-12(17(21)25-3)5-6-15(13)24-2/h4-9H,10H2,1-3H3,(H,19,20). The summed E-state index contributed by atoms with van der Waals surface area (Å²) in [6, 6.07) is 9.98. The molecule has 0 aliphatic carbocycles. The number of rotatable bonds is 4. The minimum Gasteiger partial charge on any atom is -0.496 e. The molecule has 7 nitrogen and oxygen atoms in total. The molecule has 142 valence electrons. The highest BCUT2D eigenvalue weighted by Gasteiger charge is 2.25. The number of anilines is 1. The second-order valence-electron chi connectivity index (χ2n) is 5.80. The summed E-state index contributed by atoms with van der Waals surface area (Å²) in [5.41, 5.74) is 2.56. The molecule has 1 heterocycles. The first-order valence-corrected chi connectivity index (χ1v) is 10.4. The molecule has 1 aliphatic rings. The normalized spacial score (nSPS) is 14.6. The van der Waals surface area contributed by atoms with E-state index in [0.717, 1.165) is 11.1 Å². The lowest BCUT2D eigenvalue weighted by molar-refractivity contribution is 0.0600. The molecule has 0 radical (unpaired) electrons. The van der Waals surface area contributed by atoms with E-state index in [1.165, 1.54) is 26.0 Å². The first kappa shape index (κ1) is 19.2. The highest BCUT2D eigenvalue weighted by molar-refractivity contribution is 8.14. The number of carbonyl (C=O) groups is 1. The van der Waals surface area contributed by atoms with Gasteiger partial charge in [-0.25, -0.2) is 4.79 Å². The fraction of sp³-hybridized carbons (Fsp3) is 0.222. The van der Waals surface area contributed by atoms with Crippen molar-refractivity contribution in [1.29, 1.82) is 0 Å². The van der Waals surface area contributed by atoms with Crippen molar-refractivity contribution < 1.29 is 22.7 Å². The Labute approximate surface area is 161 Å². The molecule has 2 aromatic carbocycles. The van der Waals surface area contributed by atoms with Crippen molar-refractivity contribution in [3.05, 3.63) is 53.1 Å². The summed E-state index contributed by atoms with van der Waals surface area (Å²) < 4.78 is 38.7. The molecule has 0 saturated heterocycles. The summed E-state index contributed by atoms with van der Waals surface area (Å²) >= 11 is 1.21. The number of ether oxygens (including phenoxy) is 2. The third kappa shape index (κ3) is 4.09. The lowest BCUT2D eigenvalue weighted by atomic mass is 10.1. The van der Waals surface area contributed by atoms with Crippen LogP contribution in [0.4, 0.5) is 5.69 Å². The molecule has 0 saturated carbocycles. The highest BCUT2D eigenvalue weighted by Crippen LogP contribution is 2.32. The van der Waals surface area contributed by atoms with Gasteiger partial charge in [-0.1, -0.05) is 17.8 Å². The van der Waals surface area contributed by atoms with E-state index in [0.29, 0.717) is 22.8 Å². The number of esters is 1. The molecule has 3 rings (SSSR count). The Morgan fingerprint density at radius 2 is 1.96 bits per heavy atom. The second-order valence-corrected chi connectivity index (χ2v) is 8.34. The maximum atomic E-state index is 12.4. The molecule has 1 N–H and O–H groups in total. The molecular formula is C18H18N2O5S2. The largest absolute Gasteiger partial charge is 0.496 e. The van der Waals surface area contributed by atoms with Crippen molar-refractivity contribution in [1.82, 2.24) is 0 Å². The summed E-state index contributed by atoms with van der Waals surface area (Å²) in [6.07, 6.45) is 0. The van der Waals surface area contributed by atoms with Crippen LogP contribution >= 0.6 is 11.8 Å². The van der Waals surface area contributed by atoms with Crippen molar-refractivity contribution in [2.75, 3.05) is 19.5 Å². The van der Waals surface area contributed by atoms with Gasteiger partial charge in [0.15, 0.2) is 5.17 Å². The van der Waals surface area contributed by atoms with Crippen LogP contribution in [0.15, 0.2) is 45.7 Å². The van der Waals surface area contributed by atoms with Gasteiger partial charge in [-0.2, -0.15) is 8.42 Å². The molecule has 27 heavy (non-hydrogen) atoms. The van der Waals surface area contributed by atoms with Gasteiger partial charge in [-0.15, -0.1) is 4.40 Å². The number of thioether (sulfide) groups is 1. The third-order valence-electron chi connectivity index (χ3n) is 3.92. The molecule has 0 aromatic heterocycles. The first-order valence-electron chi connectivity index (χ1n) is 7.94. The molecular weight excluding hydrogens is 388 g/mol. The number of nitrogens with one attached hydrogen (secondary N) is 1. The fourth-order valence-corrected chi connectivity index (χ4v) is 4.80. The van der Waals surface area contributed by atoms with E-state index in [1.54, 1.807) is 36.4 Å². The lowest BCUT2D eigenvalue weighted by Crippen LogP contribution is -2.19. The predicted octanol–water partition coefficient (Wildman–Crippen LogP) is 3.19. The van der Waals surface area contributed by atoms with Crippen LogP contribution in [-0.2, 0) is 20.5 Å². The third-order valence-corrected chi connectivity index (χ3v) is 6.30. The summed E-state index contributed by atoms with van der Waals surface area (Å²) in [6.45, 7) is 1.89. The van der Waals surface area contributed by atoms with Crippen LogP contribution in [0.3, 0.4) is 0 Å². The Hall–Kier alpha value is -2.52. The Bertz CT molecular complexity index is 1030. The summed E-state index contributed by atoms with van der Waals surface area (Å²) in [7, 11) is -0.914. The van der Waals surface area contributed by atoms with Gasteiger partial charge in [-0.3, -0.25) is 0 Å². The smallest absolute Gasteiger partial charge is 0.337 e. The molecule has 0 atom stereocenters. The number of methoxy groups -OCH3 is 2. The Morgan fingerprint density at radius 1 is 1.19 bits per heavy atom. The Kier molecular flexibility index (Phi) is 5.43. The number of benzene rings is 2. The van der Waals surface area contributed by atoms with Crippen molar-refractivity contribution >= 4 is 38.6 Å². The number of carbonyl (C=O) groups excluding carboxylic acids is 1. The molecule has 2 aromatic rings. The summed E-state index contributed by atoms with van der Waals surface area (Å²) in [5.74, 6) is 0.492. The van der Waals surface area contributed by atoms with Crippen LogP contribution in [0.5, 0.6) is 5.75 Å². The fourth-order valence-electron chi connectivity index (χ4n) is 2.61. The number of aryl methyl sites for hydroxylation is 1. The number of hydrogen-bond acceptors (Lipinski definition) is 7. The van der Waals surface area contributed by atoms with E-state index < -0.39 is 16.0 Å². The second kappa shape index (κ2) is 7.61. The minimum atomic E-state index is -3.75. The van der Waals surface area contributed by atoms with Crippen LogP contribution in [0.1, 0.15) is 21.5 Å². The highest BCUT2D eigenvalue weighted by atomic mass is 32.2. The number of fused-ring (bicyclic) bond motifs is 1. The van der Waals surface area contributed by atoms with Crippen LogP contribution in [0.25, 0.3) is 0 Å². The van der Waals surface area contributed by atoms with Crippen LogP contribution < -0.4 is 10.1 Å². The van der Waals surface area contributed by atoms with Crippen molar-refractivity contribution in [3.8, 4) is 5.75 Å². The average molecular weight is 406 g/mol. The van der Waals surface area contributed by atoms with Crippen LogP contribution in [-0.4, -0.2) is 33.8 Å². The van der Waals surface area contributed by atoms with Crippen molar-refractivity contribution in [3.63, 3.8) is 0 Å². The van der Waals surface area contributed by atoms with Crippen molar-refractivity contribution in [2.24, 2.45) is 4.40 Å². The zero-order valence-electron chi connectivity index (χ0n) is 15.0. The van der Waals surface area contributed by atoms with Gasteiger partial charge in [0.25, 0.3) is 10.0 Å². The molecule has 9 heteroatoms. The molecule has 0 bridgehead atoms. The molecule has 0 fully saturated rings. The zero-order chi connectivity index (χ0) is 19.6. The maximum absolute atomic E-state index is 12.4.